The van der Waals surface area contributed by atoms with Crippen molar-refractivity contribution in [2.75, 3.05) is 11.4 Å². The van der Waals surface area contributed by atoms with Crippen LogP contribution < -0.4 is 9.64 Å². The van der Waals surface area contributed by atoms with Crippen molar-refractivity contribution < 1.29 is 23.9 Å². The minimum atomic E-state index is -0.549. The van der Waals surface area contributed by atoms with Crippen LogP contribution in [0.2, 0.25) is 0 Å². The van der Waals surface area contributed by atoms with E-state index >= 15 is 0 Å². The van der Waals surface area contributed by atoms with Gasteiger partial charge in [-0.25, -0.2) is 0 Å². The van der Waals surface area contributed by atoms with Crippen molar-refractivity contribution in [3.8, 4) is 5.75 Å². The third-order valence-electron chi connectivity index (χ3n) is 7.43. The zero-order valence-electron chi connectivity index (χ0n) is 19.8. The molecule has 2 aromatic rings. The Labute approximate surface area is 204 Å². The lowest BCUT2D eigenvalue weighted by Crippen LogP contribution is -2.31. The number of benzene rings is 2. The van der Waals surface area contributed by atoms with Crippen LogP contribution in [0.25, 0.3) is 0 Å². The summed E-state index contributed by atoms with van der Waals surface area (Å²) in [6.07, 6.45) is 4.65. The van der Waals surface area contributed by atoms with Crippen molar-refractivity contribution in [3.63, 3.8) is 0 Å². The quantitative estimate of drug-likeness (QED) is 0.285. The number of hydrogen-bond acceptors (Lipinski definition) is 5. The first-order valence-corrected chi connectivity index (χ1v) is 12.1. The van der Waals surface area contributed by atoms with E-state index in [4.69, 9.17) is 4.74 Å². The van der Waals surface area contributed by atoms with Crippen molar-refractivity contribution in [1.29, 1.82) is 0 Å². The summed E-state index contributed by atoms with van der Waals surface area (Å²) in [5, 5.41) is 0. The van der Waals surface area contributed by atoms with Gasteiger partial charge in [-0.15, -0.1) is 0 Å². The van der Waals surface area contributed by atoms with Gasteiger partial charge in [0.25, 0.3) is 0 Å². The molecule has 2 saturated heterocycles. The second-order valence-corrected chi connectivity index (χ2v) is 9.62. The molecule has 0 saturated carbocycles. The molecular weight excluding hydrogens is 444 g/mol. The number of likely N-dealkylation sites (tertiary alicyclic amines) is 1. The highest BCUT2D eigenvalue weighted by molar-refractivity contribution is 6.22. The van der Waals surface area contributed by atoms with Crippen LogP contribution in [0.1, 0.15) is 38.3 Å². The fourth-order valence-corrected chi connectivity index (χ4v) is 5.44. The molecule has 5 rings (SSSR count). The number of anilines is 1. The molecule has 2 aliphatic heterocycles. The fourth-order valence-electron chi connectivity index (χ4n) is 5.44. The Hall–Kier alpha value is -3.74. The van der Waals surface area contributed by atoms with E-state index in [-0.39, 0.29) is 47.9 Å². The lowest BCUT2D eigenvalue weighted by atomic mass is 9.78. The second kappa shape index (κ2) is 9.13. The predicted molar refractivity (Wildman–Crippen MR) is 129 cm³/mol. The van der Waals surface area contributed by atoms with Crippen LogP contribution in [0.15, 0.2) is 66.7 Å². The Morgan fingerprint density at radius 3 is 2.40 bits per heavy atom. The topological polar surface area (TPSA) is 84.0 Å². The number of nitrogens with zero attached hydrogens (tertiary/aromatic N) is 2. The maximum atomic E-state index is 13.0. The predicted octanol–water partition coefficient (Wildman–Crippen LogP) is 3.90. The van der Waals surface area contributed by atoms with Gasteiger partial charge in [-0.1, -0.05) is 49.4 Å². The number of esters is 1. The number of allylic oxidation sites excluding steroid dienone is 2. The zero-order chi connectivity index (χ0) is 24.7. The van der Waals surface area contributed by atoms with Gasteiger partial charge in [0, 0.05) is 13.0 Å². The van der Waals surface area contributed by atoms with Crippen LogP contribution >= 0.6 is 0 Å². The molecular formula is C28H28N2O5. The SMILES string of the molecule is C[C@@H]1C=CC[C@@H]2C(=O)N(c3ccc(OC(=O)[C@@H]4CC(=O)N([C@H](C)c5ccccc5)C4)cc3)C(=O)[C@@H]12. The molecule has 0 spiro atoms. The van der Waals surface area contributed by atoms with Crippen molar-refractivity contribution in [2.24, 2.45) is 23.7 Å². The molecule has 7 nitrogen and oxygen atoms in total. The van der Waals surface area contributed by atoms with Gasteiger partial charge in [0.15, 0.2) is 0 Å². The molecule has 1 aliphatic carbocycles. The highest BCUT2D eigenvalue weighted by Crippen LogP contribution is 2.40. The molecule has 180 valence electrons. The molecule has 0 N–H and O–H groups in total. The third kappa shape index (κ3) is 4.16. The molecule has 0 unspecified atom stereocenters. The van der Waals surface area contributed by atoms with Crippen LogP contribution in [0.3, 0.4) is 0 Å². The van der Waals surface area contributed by atoms with Crippen LogP contribution in [0, 0.1) is 23.7 Å². The van der Waals surface area contributed by atoms with E-state index in [1.165, 1.54) is 4.90 Å². The molecule has 0 aromatic heterocycles. The van der Waals surface area contributed by atoms with E-state index in [9.17, 15) is 19.2 Å². The molecule has 0 radical (unpaired) electrons. The van der Waals surface area contributed by atoms with Gasteiger partial charge >= 0.3 is 5.97 Å². The number of rotatable bonds is 5. The van der Waals surface area contributed by atoms with Crippen molar-refractivity contribution in [2.45, 2.75) is 32.7 Å². The molecule has 3 aliphatic rings. The van der Waals surface area contributed by atoms with Crippen LogP contribution in [0.4, 0.5) is 5.69 Å². The van der Waals surface area contributed by atoms with E-state index in [1.54, 1.807) is 29.2 Å². The number of carbonyl (C=O) groups is 4. The van der Waals surface area contributed by atoms with Crippen molar-refractivity contribution in [1.82, 2.24) is 4.90 Å². The van der Waals surface area contributed by atoms with E-state index in [2.05, 4.69) is 0 Å². The summed E-state index contributed by atoms with van der Waals surface area (Å²) >= 11 is 0. The Morgan fingerprint density at radius 2 is 1.71 bits per heavy atom. The molecule has 2 fully saturated rings. The minimum absolute atomic E-state index is 0.0220. The number of amides is 3. The summed E-state index contributed by atoms with van der Waals surface area (Å²) < 4.78 is 5.55. The summed E-state index contributed by atoms with van der Waals surface area (Å²) in [6, 6.07) is 16.0. The summed E-state index contributed by atoms with van der Waals surface area (Å²) in [6.45, 7) is 4.21. The van der Waals surface area contributed by atoms with Crippen molar-refractivity contribution in [3.05, 3.63) is 72.3 Å². The molecule has 5 atom stereocenters. The van der Waals surface area contributed by atoms with E-state index in [0.29, 0.717) is 24.4 Å². The Kier molecular flexibility index (Phi) is 6.01. The standard InChI is InChI=1S/C28H28N2O5/c1-17-7-6-10-23-25(17)27(33)30(26(23)32)21-11-13-22(14-12-21)35-28(34)20-15-24(31)29(16-20)18(2)19-8-4-3-5-9-19/h3-9,11-14,17-18,20,23,25H,10,15-16H2,1-2H3/t17-,18-,20-,23+,25+/m1/s1. The summed E-state index contributed by atoms with van der Waals surface area (Å²) in [7, 11) is 0. The van der Waals surface area contributed by atoms with Gasteiger partial charge in [-0.3, -0.25) is 24.1 Å². The average molecular weight is 473 g/mol. The molecule has 2 heterocycles. The van der Waals surface area contributed by atoms with Gasteiger partial charge < -0.3 is 9.64 Å². The van der Waals surface area contributed by atoms with Gasteiger partial charge in [-0.05, 0) is 49.1 Å². The minimum Gasteiger partial charge on any atom is -0.426 e. The molecule has 3 amide bonds. The van der Waals surface area contributed by atoms with Gasteiger partial charge in [0.05, 0.1) is 29.5 Å². The van der Waals surface area contributed by atoms with E-state index in [1.807, 2.05) is 56.3 Å². The second-order valence-electron chi connectivity index (χ2n) is 9.62. The maximum absolute atomic E-state index is 13.0. The number of fused-ring (bicyclic) bond motifs is 1. The van der Waals surface area contributed by atoms with Gasteiger partial charge in [0.2, 0.25) is 17.7 Å². The van der Waals surface area contributed by atoms with Crippen LogP contribution in [0.5, 0.6) is 5.75 Å². The number of ether oxygens (including phenoxy) is 1. The summed E-state index contributed by atoms with van der Waals surface area (Å²) in [5.74, 6) is -1.76. The van der Waals surface area contributed by atoms with Gasteiger partial charge in [-0.2, -0.15) is 0 Å². The third-order valence-corrected chi connectivity index (χ3v) is 7.43. The van der Waals surface area contributed by atoms with E-state index < -0.39 is 11.9 Å². The normalized spacial score (nSPS) is 26.7. The molecule has 2 aromatic carbocycles. The zero-order valence-corrected chi connectivity index (χ0v) is 19.8. The van der Waals surface area contributed by atoms with Crippen LogP contribution in [-0.4, -0.2) is 35.1 Å². The fraction of sp³-hybridized carbons (Fsp3) is 0.357. The highest BCUT2D eigenvalue weighted by Gasteiger charge is 2.50. The number of hydrogen-bond donors (Lipinski definition) is 0. The molecule has 35 heavy (non-hydrogen) atoms. The average Bonchev–Trinajstić information content (AvgIpc) is 3.38. The molecule has 7 heteroatoms. The van der Waals surface area contributed by atoms with Crippen LogP contribution in [-0.2, 0) is 19.2 Å². The Balaban J connectivity index is 1.23. The first kappa shape index (κ1) is 23.0. The Morgan fingerprint density at radius 1 is 1.00 bits per heavy atom. The monoisotopic (exact) mass is 472 g/mol. The Bertz CT molecular complexity index is 1190. The smallest absolute Gasteiger partial charge is 0.316 e. The number of imide groups is 1. The lowest BCUT2D eigenvalue weighted by molar-refractivity contribution is -0.139. The van der Waals surface area contributed by atoms with Crippen molar-refractivity contribution >= 4 is 29.4 Å². The lowest BCUT2D eigenvalue weighted by Gasteiger charge is -2.25. The van der Waals surface area contributed by atoms with E-state index in [0.717, 1.165) is 5.56 Å². The highest BCUT2D eigenvalue weighted by atomic mass is 16.5. The number of carbonyl (C=O) groups excluding carboxylic acids is 4. The summed E-state index contributed by atoms with van der Waals surface area (Å²) in [5.41, 5.74) is 1.49. The maximum Gasteiger partial charge on any atom is 0.316 e. The summed E-state index contributed by atoms with van der Waals surface area (Å²) in [4.78, 5) is 54.2. The first-order valence-electron chi connectivity index (χ1n) is 12.1. The largest absolute Gasteiger partial charge is 0.426 e. The molecule has 0 bridgehead atoms. The van der Waals surface area contributed by atoms with Gasteiger partial charge in [0.1, 0.15) is 5.75 Å². The first-order chi connectivity index (χ1) is 16.8.